The number of carbonyl (C=O) groups excluding carboxylic acids is 1. The molecule has 0 spiro atoms. The van der Waals surface area contributed by atoms with Gasteiger partial charge in [-0.25, -0.2) is 10.2 Å². The van der Waals surface area contributed by atoms with Gasteiger partial charge in [0.05, 0.1) is 6.21 Å². The van der Waals surface area contributed by atoms with Crippen LogP contribution in [-0.4, -0.2) is 17.9 Å². The second-order valence-corrected chi connectivity index (χ2v) is 2.36. The minimum atomic E-state index is -0.553. The highest BCUT2D eigenvalue weighted by Crippen LogP contribution is 2.07. The third-order valence-corrected chi connectivity index (χ3v) is 0.887. The molecule has 1 N–H and O–H groups in total. The number of nitrogens with one attached hydrogen (secondary N) is 1. The number of rotatable bonds is 0. The predicted molar refractivity (Wildman–Crippen MR) is 32.2 cm³/mol. The highest BCUT2D eigenvalue weighted by molar-refractivity contribution is 5.79. The van der Waals surface area contributed by atoms with E-state index in [9.17, 15) is 4.79 Å². The fourth-order valence-electron chi connectivity index (χ4n) is 0.529. The molecule has 1 rings (SSSR count). The Morgan fingerprint density at radius 1 is 1.78 bits per heavy atom. The number of nitrogens with zero attached hydrogens (tertiary/aromatic N) is 1. The van der Waals surface area contributed by atoms with E-state index in [4.69, 9.17) is 4.74 Å². The Morgan fingerprint density at radius 3 is 2.78 bits per heavy atom. The number of hydrogen-bond donors (Lipinski definition) is 1. The molecule has 0 bridgehead atoms. The van der Waals surface area contributed by atoms with E-state index in [1.54, 1.807) is 13.8 Å². The number of hydrazone groups is 1. The number of amides is 1. The van der Waals surface area contributed by atoms with Crippen molar-refractivity contribution in [2.75, 3.05) is 0 Å². The molecule has 0 aromatic rings. The van der Waals surface area contributed by atoms with Gasteiger partial charge in [0, 0.05) is 0 Å². The van der Waals surface area contributed by atoms with E-state index in [1.807, 2.05) is 0 Å². The van der Waals surface area contributed by atoms with Crippen LogP contribution in [0.2, 0.25) is 0 Å². The molecule has 0 aromatic carbocycles. The average molecular weight is 128 g/mol. The lowest BCUT2D eigenvalue weighted by Gasteiger charge is -2.22. The summed E-state index contributed by atoms with van der Waals surface area (Å²) in [6.07, 6.45) is 1.04. The first-order valence-electron chi connectivity index (χ1n) is 2.63. The molecule has 50 valence electrons. The van der Waals surface area contributed by atoms with Crippen molar-refractivity contribution in [2.24, 2.45) is 5.10 Å². The first kappa shape index (κ1) is 6.07. The fraction of sp³-hybridized carbons (Fsp3) is 0.600. The van der Waals surface area contributed by atoms with Crippen molar-refractivity contribution in [3.8, 4) is 0 Å². The van der Waals surface area contributed by atoms with Crippen LogP contribution in [0.25, 0.3) is 0 Å². The summed E-state index contributed by atoms with van der Waals surface area (Å²) < 4.78 is 4.77. The predicted octanol–water partition coefficient (Wildman–Crippen LogP) is 0.491. The molecule has 9 heavy (non-hydrogen) atoms. The lowest BCUT2D eigenvalue weighted by atomic mass is 10.2. The van der Waals surface area contributed by atoms with Gasteiger partial charge in [0.1, 0.15) is 5.60 Å². The molecule has 0 aromatic heterocycles. The van der Waals surface area contributed by atoms with Crippen molar-refractivity contribution in [2.45, 2.75) is 19.4 Å². The maximum atomic E-state index is 10.4. The lowest BCUT2D eigenvalue weighted by molar-refractivity contribution is 0.0800. The van der Waals surface area contributed by atoms with Gasteiger partial charge in [0.15, 0.2) is 0 Å². The number of ether oxygens (including phenoxy) is 1. The zero-order chi connectivity index (χ0) is 6.91. The summed E-state index contributed by atoms with van der Waals surface area (Å²) in [5, 5.41) is 3.56. The number of carbonyl (C=O) groups is 1. The molecule has 1 aliphatic rings. The van der Waals surface area contributed by atoms with Gasteiger partial charge in [-0.2, -0.15) is 5.10 Å². The molecule has 0 saturated heterocycles. The lowest BCUT2D eigenvalue weighted by Crippen LogP contribution is -2.39. The van der Waals surface area contributed by atoms with Crippen LogP contribution < -0.4 is 5.43 Å². The van der Waals surface area contributed by atoms with Crippen molar-refractivity contribution in [3.05, 3.63) is 0 Å². The van der Waals surface area contributed by atoms with E-state index >= 15 is 0 Å². The third-order valence-electron chi connectivity index (χ3n) is 0.887. The Kier molecular flexibility index (Phi) is 1.16. The molecule has 1 heterocycles. The van der Waals surface area contributed by atoms with Gasteiger partial charge >= 0.3 is 6.09 Å². The summed E-state index contributed by atoms with van der Waals surface area (Å²) in [7, 11) is 0. The van der Waals surface area contributed by atoms with Crippen LogP contribution in [0.1, 0.15) is 13.8 Å². The molecule has 1 aliphatic heterocycles. The minimum Gasteiger partial charge on any atom is -0.436 e. The quantitative estimate of drug-likeness (QED) is 0.516. The average Bonchev–Trinajstić information content (AvgIpc) is 1.60. The number of cyclic esters (lactones) is 1. The monoisotopic (exact) mass is 128 g/mol. The van der Waals surface area contributed by atoms with Gasteiger partial charge in [0.25, 0.3) is 0 Å². The van der Waals surface area contributed by atoms with Gasteiger partial charge in [-0.1, -0.05) is 0 Å². The Labute approximate surface area is 52.9 Å². The number of hydrogen-bond acceptors (Lipinski definition) is 3. The zero-order valence-electron chi connectivity index (χ0n) is 5.34. The molecule has 0 saturated carbocycles. The van der Waals surface area contributed by atoms with Crippen molar-refractivity contribution in [1.82, 2.24) is 5.43 Å². The van der Waals surface area contributed by atoms with E-state index in [-0.39, 0.29) is 0 Å². The highest BCUT2D eigenvalue weighted by Gasteiger charge is 2.23. The van der Waals surface area contributed by atoms with E-state index in [1.165, 1.54) is 6.21 Å². The maximum Gasteiger partial charge on any atom is 0.428 e. The minimum absolute atomic E-state index is 0.498. The molecule has 1 amide bonds. The summed E-state index contributed by atoms with van der Waals surface area (Å²) in [4.78, 5) is 10.4. The highest BCUT2D eigenvalue weighted by atomic mass is 16.6. The third kappa shape index (κ3) is 1.42. The van der Waals surface area contributed by atoms with Crippen LogP contribution in [-0.2, 0) is 4.74 Å². The van der Waals surface area contributed by atoms with E-state index < -0.39 is 11.7 Å². The van der Waals surface area contributed by atoms with Gasteiger partial charge < -0.3 is 4.74 Å². The first-order chi connectivity index (χ1) is 4.10. The smallest absolute Gasteiger partial charge is 0.428 e. The van der Waals surface area contributed by atoms with E-state index in [2.05, 4.69) is 10.5 Å². The van der Waals surface area contributed by atoms with Crippen molar-refractivity contribution in [3.63, 3.8) is 0 Å². The SMILES string of the molecule is CC1(C)C=NNC(=O)O1. The Bertz CT molecular complexity index is 162. The van der Waals surface area contributed by atoms with Crippen LogP contribution in [0.5, 0.6) is 0 Å². The molecular formula is C5H8N2O2. The van der Waals surface area contributed by atoms with Gasteiger partial charge in [-0.15, -0.1) is 0 Å². The Hall–Kier alpha value is -1.06. The zero-order valence-corrected chi connectivity index (χ0v) is 5.34. The normalized spacial score (nSPS) is 22.7. The molecule has 0 fully saturated rings. The fourth-order valence-corrected chi connectivity index (χ4v) is 0.529. The molecule has 0 unspecified atom stereocenters. The summed E-state index contributed by atoms with van der Waals surface area (Å²) >= 11 is 0. The van der Waals surface area contributed by atoms with Crippen LogP contribution >= 0.6 is 0 Å². The topological polar surface area (TPSA) is 50.7 Å². The van der Waals surface area contributed by atoms with Gasteiger partial charge in [-0.05, 0) is 13.8 Å². The molecule has 0 radical (unpaired) electrons. The van der Waals surface area contributed by atoms with Crippen LogP contribution in [0.3, 0.4) is 0 Å². The molecule has 0 aliphatic carbocycles. The molecule has 4 heteroatoms. The molecule has 4 nitrogen and oxygen atoms in total. The second kappa shape index (κ2) is 1.72. The largest absolute Gasteiger partial charge is 0.436 e. The van der Waals surface area contributed by atoms with Crippen LogP contribution in [0.4, 0.5) is 4.79 Å². The molecule has 0 atom stereocenters. The molecular weight excluding hydrogens is 120 g/mol. The van der Waals surface area contributed by atoms with Crippen molar-refractivity contribution >= 4 is 12.3 Å². The van der Waals surface area contributed by atoms with E-state index in [0.29, 0.717) is 0 Å². The summed E-state index contributed by atoms with van der Waals surface area (Å²) in [5.41, 5.74) is 1.59. The Balaban J connectivity index is 2.71. The Morgan fingerprint density at radius 2 is 2.44 bits per heavy atom. The summed E-state index contributed by atoms with van der Waals surface area (Å²) in [6.45, 7) is 3.52. The van der Waals surface area contributed by atoms with Gasteiger partial charge in [-0.3, -0.25) is 0 Å². The first-order valence-corrected chi connectivity index (χ1v) is 2.63. The van der Waals surface area contributed by atoms with E-state index in [0.717, 1.165) is 0 Å². The van der Waals surface area contributed by atoms with Crippen molar-refractivity contribution in [1.29, 1.82) is 0 Å². The van der Waals surface area contributed by atoms with Crippen molar-refractivity contribution < 1.29 is 9.53 Å². The second-order valence-electron chi connectivity index (χ2n) is 2.36. The van der Waals surface area contributed by atoms with Crippen LogP contribution in [0, 0.1) is 0 Å². The maximum absolute atomic E-state index is 10.4. The summed E-state index contributed by atoms with van der Waals surface area (Å²) in [5.74, 6) is 0. The van der Waals surface area contributed by atoms with Crippen LogP contribution in [0.15, 0.2) is 5.10 Å². The standard InChI is InChI=1S/C5H8N2O2/c1-5(2)3-6-7-4(8)9-5/h3H,1-2H3,(H,7,8). The van der Waals surface area contributed by atoms with Gasteiger partial charge in [0.2, 0.25) is 0 Å². The summed E-state index contributed by atoms with van der Waals surface area (Å²) in [6, 6.07) is 0.